The quantitative estimate of drug-likeness (QED) is 0.693. The number of rotatable bonds is 6. The summed E-state index contributed by atoms with van der Waals surface area (Å²) < 4.78 is 11.7. The molecule has 1 unspecified atom stereocenters. The lowest BCUT2D eigenvalue weighted by Crippen LogP contribution is -2.65. The third-order valence-corrected chi connectivity index (χ3v) is 6.15. The molecule has 0 spiro atoms. The van der Waals surface area contributed by atoms with Crippen LogP contribution in [0.5, 0.6) is 5.75 Å². The molecule has 32 heavy (non-hydrogen) atoms. The predicted octanol–water partition coefficient (Wildman–Crippen LogP) is 2.55. The minimum Gasteiger partial charge on any atom is -0.497 e. The number of carbonyl (C=O) groups is 3. The second kappa shape index (κ2) is 8.64. The van der Waals surface area contributed by atoms with E-state index in [9.17, 15) is 14.4 Å². The molecule has 9 heteroatoms. The SMILES string of the molecule is CCOC(=O)c1cc2n(n1)CC(C)(C(=O)NC1CCCC1)N(c1ccc(OC)cc1)C2=O. The Bertz CT molecular complexity index is 1030. The van der Waals surface area contributed by atoms with Crippen LogP contribution in [-0.4, -0.2) is 52.9 Å². The van der Waals surface area contributed by atoms with Crippen LogP contribution in [-0.2, 0) is 16.1 Å². The van der Waals surface area contributed by atoms with Gasteiger partial charge in [0, 0.05) is 17.8 Å². The maximum atomic E-state index is 13.6. The van der Waals surface area contributed by atoms with Gasteiger partial charge in [-0.25, -0.2) is 4.79 Å². The van der Waals surface area contributed by atoms with Crippen molar-refractivity contribution in [2.75, 3.05) is 18.6 Å². The molecule has 1 N–H and O–H groups in total. The van der Waals surface area contributed by atoms with Crippen molar-refractivity contribution in [2.45, 2.75) is 57.7 Å². The molecule has 2 aliphatic rings. The summed E-state index contributed by atoms with van der Waals surface area (Å²) in [5.41, 5.74) is -0.399. The number of nitrogens with zero attached hydrogens (tertiary/aromatic N) is 3. The standard InChI is InChI=1S/C23H28N4O5/c1-4-32-21(29)18-13-19-20(28)27(16-9-11-17(31-3)12-10-16)23(2,14-26(19)25-18)22(30)24-15-7-5-6-8-15/h9-13,15H,4-8,14H2,1-3H3,(H,24,30). The number of amides is 2. The van der Waals surface area contributed by atoms with Crippen molar-refractivity contribution in [1.82, 2.24) is 15.1 Å². The Kier molecular flexibility index (Phi) is 5.90. The van der Waals surface area contributed by atoms with E-state index in [1.165, 1.54) is 15.6 Å². The summed E-state index contributed by atoms with van der Waals surface area (Å²) in [4.78, 5) is 40.8. The van der Waals surface area contributed by atoms with Crippen LogP contribution in [0.1, 0.15) is 60.5 Å². The zero-order valence-corrected chi connectivity index (χ0v) is 18.6. The molecule has 0 bridgehead atoms. The second-order valence-electron chi connectivity index (χ2n) is 8.36. The Morgan fingerprint density at radius 1 is 1.22 bits per heavy atom. The highest BCUT2D eigenvalue weighted by Gasteiger charge is 2.49. The minimum atomic E-state index is -1.24. The molecule has 9 nitrogen and oxygen atoms in total. The molecule has 1 saturated carbocycles. The van der Waals surface area contributed by atoms with Gasteiger partial charge in [0.25, 0.3) is 5.91 Å². The zero-order valence-electron chi connectivity index (χ0n) is 18.6. The van der Waals surface area contributed by atoms with E-state index in [-0.39, 0.29) is 36.5 Å². The van der Waals surface area contributed by atoms with Crippen molar-refractivity contribution < 1.29 is 23.9 Å². The Morgan fingerprint density at radius 3 is 2.53 bits per heavy atom. The van der Waals surface area contributed by atoms with E-state index in [2.05, 4.69) is 10.4 Å². The first-order valence-electron chi connectivity index (χ1n) is 10.9. The molecule has 2 amide bonds. The molecule has 0 radical (unpaired) electrons. The van der Waals surface area contributed by atoms with Crippen LogP contribution in [0.3, 0.4) is 0 Å². The van der Waals surface area contributed by atoms with Gasteiger partial charge in [-0.05, 0) is 51.0 Å². The number of ether oxygens (including phenoxy) is 2. The maximum absolute atomic E-state index is 13.6. The van der Waals surface area contributed by atoms with Crippen molar-refractivity contribution in [3.05, 3.63) is 41.7 Å². The molecule has 1 aliphatic carbocycles. The van der Waals surface area contributed by atoms with Crippen LogP contribution in [0.25, 0.3) is 0 Å². The molecule has 1 aromatic carbocycles. The first kappa shape index (κ1) is 21.9. The highest BCUT2D eigenvalue weighted by atomic mass is 16.5. The molecule has 1 aliphatic heterocycles. The number of carbonyl (C=O) groups excluding carboxylic acids is 3. The average Bonchev–Trinajstić information content (AvgIpc) is 3.44. The van der Waals surface area contributed by atoms with Gasteiger partial charge < -0.3 is 14.8 Å². The molecular weight excluding hydrogens is 412 g/mol. The van der Waals surface area contributed by atoms with Gasteiger partial charge in [-0.15, -0.1) is 0 Å². The summed E-state index contributed by atoms with van der Waals surface area (Å²) in [7, 11) is 1.57. The Hall–Kier alpha value is -3.36. The Balaban J connectivity index is 1.75. The van der Waals surface area contributed by atoms with E-state index in [1.807, 2.05) is 0 Å². The van der Waals surface area contributed by atoms with Crippen molar-refractivity contribution >= 4 is 23.5 Å². The number of benzene rings is 1. The van der Waals surface area contributed by atoms with E-state index in [4.69, 9.17) is 9.47 Å². The van der Waals surface area contributed by atoms with Crippen molar-refractivity contribution in [2.24, 2.45) is 0 Å². The van der Waals surface area contributed by atoms with Gasteiger partial charge in [-0.3, -0.25) is 19.2 Å². The number of aromatic nitrogens is 2. The molecular formula is C23H28N4O5. The largest absolute Gasteiger partial charge is 0.497 e. The monoisotopic (exact) mass is 440 g/mol. The fraction of sp³-hybridized carbons (Fsp3) is 0.478. The number of esters is 1. The maximum Gasteiger partial charge on any atom is 0.358 e. The molecule has 2 heterocycles. The fourth-order valence-corrected chi connectivity index (χ4v) is 4.43. The summed E-state index contributed by atoms with van der Waals surface area (Å²) in [5, 5.41) is 7.40. The van der Waals surface area contributed by atoms with Crippen LogP contribution < -0.4 is 15.0 Å². The first-order valence-corrected chi connectivity index (χ1v) is 10.9. The minimum absolute atomic E-state index is 0.0466. The lowest BCUT2D eigenvalue weighted by atomic mass is 9.93. The topological polar surface area (TPSA) is 103 Å². The fourth-order valence-electron chi connectivity index (χ4n) is 4.43. The number of hydrogen-bond acceptors (Lipinski definition) is 6. The first-order chi connectivity index (χ1) is 15.4. The van der Waals surface area contributed by atoms with Crippen molar-refractivity contribution in [3.8, 4) is 5.75 Å². The Labute approximate surface area is 186 Å². The summed E-state index contributed by atoms with van der Waals surface area (Å²) in [6.45, 7) is 3.75. The molecule has 1 atom stereocenters. The predicted molar refractivity (Wildman–Crippen MR) is 117 cm³/mol. The van der Waals surface area contributed by atoms with Crippen LogP contribution in [0.4, 0.5) is 5.69 Å². The average molecular weight is 441 g/mol. The van der Waals surface area contributed by atoms with Gasteiger partial charge in [0.2, 0.25) is 5.91 Å². The van der Waals surface area contributed by atoms with E-state index in [1.54, 1.807) is 45.2 Å². The highest BCUT2D eigenvalue weighted by molar-refractivity contribution is 6.12. The van der Waals surface area contributed by atoms with Crippen LogP contribution in [0, 0.1) is 0 Å². The van der Waals surface area contributed by atoms with Crippen LogP contribution >= 0.6 is 0 Å². The van der Waals surface area contributed by atoms with Gasteiger partial charge >= 0.3 is 5.97 Å². The van der Waals surface area contributed by atoms with E-state index in [0.29, 0.717) is 11.4 Å². The molecule has 0 saturated heterocycles. The molecule has 4 rings (SSSR count). The summed E-state index contributed by atoms with van der Waals surface area (Å²) >= 11 is 0. The molecule has 170 valence electrons. The van der Waals surface area contributed by atoms with Gasteiger partial charge in [0.05, 0.1) is 20.3 Å². The molecule has 1 aromatic heterocycles. The summed E-state index contributed by atoms with van der Waals surface area (Å²) in [5.74, 6) is -0.610. The van der Waals surface area contributed by atoms with Gasteiger partial charge in [0.15, 0.2) is 5.69 Å². The van der Waals surface area contributed by atoms with Gasteiger partial charge in [-0.1, -0.05) is 12.8 Å². The number of anilines is 1. The van der Waals surface area contributed by atoms with E-state index >= 15 is 0 Å². The van der Waals surface area contributed by atoms with Crippen LogP contribution in [0.2, 0.25) is 0 Å². The van der Waals surface area contributed by atoms with Crippen LogP contribution in [0.15, 0.2) is 30.3 Å². The van der Waals surface area contributed by atoms with E-state index < -0.39 is 17.4 Å². The Morgan fingerprint density at radius 2 is 1.91 bits per heavy atom. The van der Waals surface area contributed by atoms with Crippen molar-refractivity contribution in [1.29, 1.82) is 0 Å². The smallest absolute Gasteiger partial charge is 0.358 e. The zero-order chi connectivity index (χ0) is 22.9. The summed E-state index contributed by atoms with van der Waals surface area (Å²) in [6, 6.07) is 8.50. The molecule has 2 aromatic rings. The number of fused-ring (bicyclic) bond motifs is 1. The van der Waals surface area contributed by atoms with Crippen molar-refractivity contribution in [3.63, 3.8) is 0 Å². The highest BCUT2D eigenvalue weighted by Crippen LogP contribution is 2.34. The normalized spacial score (nSPS) is 20.7. The lowest BCUT2D eigenvalue weighted by molar-refractivity contribution is -0.127. The lowest BCUT2D eigenvalue weighted by Gasteiger charge is -2.43. The second-order valence-corrected chi connectivity index (χ2v) is 8.36. The third-order valence-electron chi connectivity index (χ3n) is 6.15. The van der Waals surface area contributed by atoms with E-state index in [0.717, 1.165) is 25.7 Å². The number of methoxy groups -OCH3 is 1. The summed E-state index contributed by atoms with van der Waals surface area (Å²) in [6.07, 6.45) is 4.01. The third kappa shape index (κ3) is 3.83. The number of nitrogens with one attached hydrogen (secondary N) is 1. The van der Waals surface area contributed by atoms with Gasteiger partial charge in [-0.2, -0.15) is 5.10 Å². The molecule has 1 fully saturated rings. The number of hydrogen-bond donors (Lipinski definition) is 1. The van der Waals surface area contributed by atoms with Gasteiger partial charge in [0.1, 0.15) is 17.0 Å².